The quantitative estimate of drug-likeness (QED) is 0.785. The normalized spacial score (nSPS) is 21.9. The molecule has 3 rings (SSSR count). The Labute approximate surface area is 172 Å². The van der Waals surface area contributed by atoms with Crippen molar-refractivity contribution in [2.45, 2.75) is 59.0 Å². The molecule has 0 saturated carbocycles. The molecule has 7 heteroatoms. The van der Waals surface area contributed by atoms with Crippen LogP contribution in [0.15, 0.2) is 16.5 Å². The molecule has 2 fully saturated rings. The number of thioether (sulfide) groups is 1. The first-order valence-corrected chi connectivity index (χ1v) is 11.4. The van der Waals surface area contributed by atoms with E-state index in [0.717, 1.165) is 24.6 Å². The molecule has 0 aromatic carbocycles. The maximum Gasteiger partial charge on any atom is 0.243 e. The molecule has 28 heavy (non-hydrogen) atoms. The lowest BCUT2D eigenvalue weighted by Gasteiger charge is -2.29. The predicted octanol–water partition coefficient (Wildman–Crippen LogP) is 3.18. The summed E-state index contributed by atoms with van der Waals surface area (Å²) in [5.74, 6) is 3.06. The van der Waals surface area contributed by atoms with E-state index in [9.17, 15) is 9.59 Å². The number of likely N-dealkylation sites (tertiary alicyclic amines) is 1. The van der Waals surface area contributed by atoms with Gasteiger partial charge in [-0.1, -0.05) is 20.8 Å². The van der Waals surface area contributed by atoms with Crippen LogP contribution in [0.1, 0.15) is 57.6 Å². The highest BCUT2D eigenvalue weighted by molar-refractivity contribution is 7.99. The molecule has 2 atom stereocenters. The monoisotopic (exact) mass is 407 g/mol. The van der Waals surface area contributed by atoms with Crippen LogP contribution in [0.3, 0.4) is 0 Å². The first-order chi connectivity index (χ1) is 13.2. The number of hydrogen-bond donors (Lipinski definition) is 1. The standard InChI is InChI=1S/C21H33N3O3S/c1-15-7-8-18(27-15)16(23-9-5-6-10-23)12-22-20(26)17-13-28-14-24(17)19(25)11-21(2,3)4/h7-8,16-17H,5-6,9-14H2,1-4H3,(H,22,26). The smallest absolute Gasteiger partial charge is 0.243 e. The number of nitrogens with one attached hydrogen (secondary N) is 1. The van der Waals surface area contributed by atoms with Crippen LogP contribution in [0, 0.1) is 12.3 Å². The van der Waals surface area contributed by atoms with Gasteiger partial charge in [-0.25, -0.2) is 0 Å². The molecule has 2 unspecified atom stereocenters. The van der Waals surface area contributed by atoms with Crippen LogP contribution in [-0.4, -0.2) is 58.9 Å². The molecule has 2 amide bonds. The van der Waals surface area contributed by atoms with E-state index >= 15 is 0 Å². The van der Waals surface area contributed by atoms with Gasteiger partial charge >= 0.3 is 0 Å². The molecular weight excluding hydrogens is 374 g/mol. The lowest BCUT2D eigenvalue weighted by atomic mass is 9.91. The van der Waals surface area contributed by atoms with Crippen molar-refractivity contribution in [2.75, 3.05) is 31.3 Å². The van der Waals surface area contributed by atoms with E-state index in [4.69, 9.17) is 4.42 Å². The van der Waals surface area contributed by atoms with Crippen LogP contribution >= 0.6 is 11.8 Å². The van der Waals surface area contributed by atoms with E-state index in [1.807, 2.05) is 19.1 Å². The Hall–Kier alpha value is -1.47. The average molecular weight is 408 g/mol. The summed E-state index contributed by atoms with van der Waals surface area (Å²) in [7, 11) is 0. The molecule has 0 aliphatic carbocycles. The third-order valence-electron chi connectivity index (χ3n) is 5.33. The van der Waals surface area contributed by atoms with Gasteiger partial charge in [-0.05, 0) is 50.4 Å². The van der Waals surface area contributed by atoms with Crippen molar-refractivity contribution < 1.29 is 14.0 Å². The molecule has 3 heterocycles. The van der Waals surface area contributed by atoms with Gasteiger partial charge in [0.25, 0.3) is 0 Å². The second-order valence-electron chi connectivity index (χ2n) is 9.07. The Bertz CT molecular complexity index is 691. The second-order valence-corrected chi connectivity index (χ2v) is 10.1. The fourth-order valence-corrected chi connectivity index (χ4v) is 5.05. The van der Waals surface area contributed by atoms with Gasteiger partial charge in [0.15, 0.2) is 0 Å². The van der Waals surface area contributed by atoms with Crippen LogP contribution in [0.2, 0.25) is 0 Å². The van der Waals surface area contributed by atoms with Crippen molar-refractivity contribution in [3.63, 3.8) is 0 Å². The summed E-state index contributed by atoms with van der Waals surface area (Å²) in [5, 5.41) is 3.11. The number of carbonyl (C=O) groups is 2. The minimum absolute atomic E-state index is 0.0490. The number of rotatable bonds is 6. The van der Waals surface area contributed by atoms with E-state index < -0.39 is 0 Å². The minimum Gasteiger partial charge on any atom is -0.465 e. The molecule has 2 saturated heterocycles. The van der Waals surface area contributed by atoms with Crippen molar-refractivity contribution in [3.05, 3.63) is 23.7 Å². The Kier molecular flexibility index (Phi) is 6.76. The van der Waals surface area contributed by atoms with E-state index in [1.165, 1.54) is 12.8 Å². The summed E-state index contributed by atoms with van der Waals surface area (Å²) in [6, 6.07) is 3.65. The zero-order chi connectivity index (χ0) is 20.3. The first kappa shape index (κ1) is 21.2. The van der Waals surface area contributed by atoms with Gasteiger partial charge in [-0.2, -0.15) is 0 Å². The molecule has 0 radical (unpaired) electrons. The summed E-state index contributed by atoms with van der Waals surface area (Å²) in [6.45, 7) is 10.6. The largest absolute Gasteiger partial charge is 0.465 e. The van der Waals surface area contributed by atoms with Crippen molar-refractivity contribution in [3.8, 4) is 0 Å². The number of hydrogen-bond acceptors (Lipinski definition) is 5. The van der Waals surface area contributed by atoms with Crippen LogP contribution in [-0.2, 0) is 9.59 Å². The summed E-state index contributed by atoms with van der Waals surface area (Å²) in [5.41, 5.74) is -0.0800. The summed E-state index contributed by atoms with van der Waals surface area (Å²) in [4.78, 5) is 29.7. The number of carbonyl (C=O) groups excluding carboxylic acids is 2. The van der Waals surface area contributed by atoms with E-state index in [2.05, 4.69) is 31.0 Å². The lowest BCUT2D eigenvalue weighted by Crippen LogP contribution is -2.49. The van der Waals surface area contributed by atoms with Gasteiger partial charge in [0.1, 0.15) is 17.6 Å². The summed E-state index contributed by atoms with van der Waals surface area (Å²) < 4.78 is 5.87. The van der Waals surface area contributed by atoms with Gasteiger partial charge in [-0.3, -0.25) is 14.5 Å². The van der Waals surface area contributed by atoms with Crippen LogP contribution in [0.5, 0.6) is 0 Å². The molecule has 0 spiro atoms. The van der Waals surface area contributed by atoms with Gasteiger partial charge in [-0.15, -0.1) is 11.8 Å². The average Bonchev–Trinajstić information content (AvgIpc) is 3.35. The SMILES string of the molecule is Cc1ccc(C(CNC(=O)C2CSCN2C(=O)CC(C)(C)C)N2CCCC2)o1. The highest BCUT2D eigenvalue weighted by atomic mass is 32.2. The van der Waals surface area contributed by atoms with Crippen LogP contribution in [0.4, 0.5) is 0 Å². The van der Waals surface area contributed by atoms with Crippen molar-refractivity contribution >= 4 is 23.6 Å². The third kappa shape index (κ3) is 5.32. The van der Waals surface area contributed by atoms with E-state index in [-0.39, 0.29) is 29.3 Å². The van der Waals surface area contributed by atoms with Gasteiger partial charge in [0.05, 0.1) is 11.9 Å². The zero-order valence-electron chi connectivity index (χ0n) is 17.5. The first-order valence-electron chi connectivity index (χ1n) is 10.2. The molecule has 1 N–H and O–H groups in total. The Balaban J connectivity index is 1.62. The van der Waals surface area contributed by atoms with Gasteiger partial charge in [0, 0.05) is 18.7 Å². The Morgan fingerprint density at radius 1 is 1.29 bits per heavy atom. The van der Waals surface area contributed by atoms with Crippen molar-refractivity contribution in [1.82, 2.24) is 15.1 Å². The Morgan fingerprint density at radius 3 is 2.61 bits per heavy atom. The minimum atomic E-state index is -0.377. The molecule has 2 aliphatic heterocycles. The highest BCUT2D eigenvalue weighted by Crippen LogP contribution is 2.28. The van der Waals surface area contributed by atoms with Crippen LogP contribution < -0.4 is 5.32 Å². The number of furan rings is 1. The summed E-state index contributed by atoms with van der Waals surface area (Å²) >= 11 is 1.65. The van der Waals surface area contributed by atoms with Crippen molar-refractivity contribution in [2.24, 2.45) is 5.41 Å². The van der Waals surface area contributed by atoms with Crippen molar-refractivity contribution in [1.29, 1.82) is 0 Å². The van der Waals surface area contributed by atoms with Gasteiger partial charge in [0.2, 0.25) is 11.8 Å². The number of aryl methyl sites for hydroxylation is 1. The maximum absolute atomic E-state index is 12.9. The zero-order valence-corrected chi connectivity index (χ0v) is 18.3. The number of nitrogens with zero attached hydrogens (tertiary/aromatic N) is 2. The maximum atomic E-state index is 12.9. The predicted molar refractivity (Wildman–Crippen MR) is 112 cm³/mol. The fraction of sp³-hybridized carbons (Fsp3) is 0.714. The second kappa shape index (κ2) is 8.91. The lowest BCUT2D eigenvalue weighted by molar-refractivity contribution is -0.139. The van der Waals surface area contributed by atoms with E-state index in [0.29, 0.717) is 24.6 Å². The van der Waals surface area contributed by atoms with E-state index in [1.54, 1.807) is 16.7 Å². The molecular formula is C21H33N3O3S. The van der Waals surface area contributed by atoms with Crippen LogP contribution in [0.25, 0.3) is 0 Å². The molecule has 1 aromatic heterocycles. The Morgan fingerprint density at radius 2 is 2.00 bits per heavy atom. The topological polar surface area (TPSA) is 65.8 Å². The molecule has 6 nitrogen and oxygen atoms in total. The molecule has 2 aliphatic rings. The van der Waals surface area contributed by atoms with Gasteiger partial charge < -0.3 is 14.6 Å². The molecule has 1 aromatic rings. The third-order valence-corrected chi connectivity index (χ3v) is 6.34. The molecule has 0 bridgehead atoms. The highest BCUT2D eigenvalue weighted by Gasteiger charge is 2.36. The summed E-state index contributed by atoms with van der Waals surface area (Å²) in [6.07, 6.45) is 2.82. The fourth-order valence-electron chi connectivity index (χ4n) is 3.87. The number of amides is 2. The molecule has 156 valence electrons.